The highest BCUT2D eigenvalue weighted by atomic mass is 79.9. The topological polar surface area (TPSA) is 21.3 Å². The lowest BCUT2D eigenvalue weighted by molar-refractivity contribution is 0.270. The van der Waals surface area contributed by atoms with Crippen molar-refractivity contribution in [3.8, 4) is 5.75 Å². The van der Waals surface area contributed by atoms with Crippen molar-refractivity contribution in [3.05, 3.63) is 58.3 Å². The molecule has 1 aliphatic rings. The van der Waals surface area contributed by atoms with E-state index in [0.29, 0.717) is 24.8 Å². The molecular formula is C16H15BrFNO. The SMILES string of the molecule is Fc1ccc(Br)cc1NCC1CCOc2ccccc21. The highest BCUT2D eigenvalue weighted by Crippen LogP contribution is 2.33. The molecule has 0 aliphatic carbocycles. The molecule has 1 heterocycles. The first kappa shape index (κ1) is 13.4. The first-order valence-electron chi connectivity index (χ1n) is 6.64. The summed E-state index contributed by atoms with van der Waals surface area (Å²) in [6.07, 6.45) is 0.944. The molecule has 4 heteroatoms. The van der Waals surface area contributed by atoms with Crippen molar-refractivity contribution in [3.63, 3.8) is 0 Å². The van der Waals surface area contributed by atoms with Gasteiger partial charge in [0.15, 0.2) is 0 Å². The lowest BCUT2D eigenvalue weighted by atomic mass is 9.93. The molecule has 0 saturated carbocycles. The number of para-hydroxylation sites is 1. The Labute approximate surface area is 126 Å². The highest BCUT2D eigenvalue weighted by Gasteiger charge is 2.21. The smallest absolute Gasteiger partial charge is 0.146 e. The Balaban J connectivity index is 1.75. The predicted molar refractivity (Wildman–Crippen MR) is 81.9 cm³/mol. The van der Waals surface area contributed by atoms with Gasteiger partial charge in [-0.25, -0.2) is 4.39 Å². The molecule has 0 aromatic heterocycles. The Morgan fingerprint density at radius 3 is 3.00 bits per heavy atom. The number of halogens is 2. The van der Waals surface area contributed by atoms with E-state index in [0.717, 1.165) is 16.6 Å². The minimum Gasteiger partial charge on any atom is -0.493 e. The molecule has 0 fully saturated rings. The van der Waals surface area contributed by atoms with Crippen LogP contribution in [0.25, 0.3) is 0 Å². The van der Waals surface area contributed by atoms with Crippen LogP contribution in [0.15, 0.2) is 46.9 Å². The lowest BCUT2D eigenvalue weighted by Crippen LogP contribution is -2.21. The van der Waals surface area contributed by atoms with Gasteiger partial charge in [0.2, 0.25) is 0 Å². The minimum absolute atomic E-state index is 0.228. The van der Waals surface area contributed by atoms with E-state index in [1.54, 1.807) is 12.1 Å². The number of benzene rings is 2. The van der Waals surface area contributed by atoms with Gasteiger partial charge in [-0.2, -0.15) is 0 Å². The van der Waals surface area contributed by atoms with E-state index in [9.17, 15) is 4.39 Å². The maximum atomic E-state index is 13.7. The largest absolute Gasteiger partial charge is 0.493 e. The molecule has 104 valence electrons. The van der Waals surface area contributed by atoms with Crippen LogP contribution in [-0.4, -0.2) is 13.2 Å². The normalized spacial score (nSPS) is 17.2. The van der Waals surface area contributed by atoms with Gasteiger partial charge in [0.1, 0.15) is 11.6 Å². The quantitative estimate of drug-likeness (QED) is 0.887. The third-order valence-corrected chi connectivity index (χ3v) is 4.04. The van der Waals surface area contributed by atoms with Gasteiger partial charge >= 0.3 is 0 Å². The van der Waals surface area contributed by atoms with Gasteiger partial charge in [-0.05, 0) is 36.2 Å². The fourth-order valence-corrected chi connectivity index (χ4v) is 2.86. The zero-order valence-corrected chi connectivity index (χ0v) is 12.5. The fourth-order valence-electron chi connectivity index (χ4n) is 2.49. The molecule has 2 aromatic rings. The Morgan fingerprint density at radius 2 is 2.10 bits per heavy atom. The molecule has 0 saturated heterocycles. The van der Waals surface area contributed by atoms with Crippen LogP contribution in [0.1, 0.15) is 17.9 Å². The van der Waals surface area contributed by atoms with Crippen LogP contribution < -0.4 is 10.1 Å². The van der Waals surface area contributed by atoms with E-state index in [1.165, 1.54) is 11.6 Å². The molecule has 0 radical (unpaired) electrons. The summed E-state index contributed by atoms with van der Waals surface area (Å²) in [5.74, 6) is 1.06. The maximum absolute atomic E-state index is 13.7. The van der Waals surface area contributed by atoms with Crippen molar-refractivity contribution in [2.75, 3.05) is 18.5 Å². The molecule has 0 amide bonds. The van der Waals surface area contributed by atoms with Gasteiger partial charge in [0.05, 0.1) is 12.3 Å². The van der Waals surface area contributed by atoms with E-state index in [2.05, 4.69) is 27.3 Å². The van der Waals surface area contributed by atoms with Crippen molar-refractivity contribution in [1.82, 2.24) is 0 Å². The predicted octanol–water partition coefficient (Wildman–Crippen LogP) is 4.57. The zero-order valence-electron chi connectivity index (χ0n) is 10.9. The number of rotatable bonds is 3. The van der Waals surface area contributed by atoms with Crippen LogP contribution in [0.3, 0.4) is 0 Å². The monoisotopic (exact) mass is 335 g/mol. The second-order valence-corrected chi connectivity index (χ2v) is 5.79. The summed E-state index contributed by atoms with van der Waals surface area (Å²) < 4.78 is 20.2. The summed E-state index contributed by atoms with van der Waals surface area (Å²) in [7, 11) is 0. The second kappa shape index (κ2) is 5.83. The molecule has 3 rings (SSSR count). The zero-order chi connectivity index (χ0) is 13.9. The first-order chi connectivity index (χ1) is 9.74. The van der Waals surface area contributed by atoms with Crippen LogP contribution in [-0.2, 0) is 0 Å². The summed E-state index contributed by atoms with van der Waals surface area (Å²) in [4.78, 5) is 0. The number of hydrogen-bond donors (Lipinski definition) is 1. The molecule has 1 aliphatic heterocycles. The van der Waals surface area contributed by atoms with Gasteiger partial charge in [-0.1, -0.05) is 34.1 Å². The number of anilines is 1. The average Bonchev–Trinajstić information content (AvgIpc) is 2.48. The van der Waals surface area contributed by atoms with E-state index >= 15 is 0 Å². The van der Waals surface area contributed by atoms with Crippen LogP contribution in [0, 0.1) is 5.82 Å². The number of ether oxygens (including phenoxy) is 1. The van der Waals surface area contributed by atoms with Gasteiger partial charge in [-0.3, -0.25) is 0 Å². The molecule has 1 atom stereocenters. The second-order valence-electron chi connectivity index (χ2n) is 4.88. The van der Waals surface area contributed by atoms with Gasteiger partial charge in [-0.15, -0.1) is 0 Å². The van der Waals surface area contributed by atoms with E-state index < -0.39 is 0 Å². The number of nitrogens with one attached hydrogen (secondary N) is 1. The van der Waals surface area contributed by atoms with Crippen molar-refractivity contribution in [1.29, 1.82) is 0 Å². The molecule has 2 aromatic carbocycles. The lowest BCUT2D eigenvalue weighted by Gasteiger charge is -2.26. The maximum Gasteiger partial charge on any atom is 0.146 e. The van der Waals surface area contributed by atoms with Crippen LogP contribution in [0.2, 0.25) is 0 Å². The van der Waals surface area contributed by atoms with Gasteiger partial charge in [0.25, 0.3) is 0 Å². The summed E-state index contributed by atoms with van der Waals surface area (Å²) >= 11 is 3.36. The Morgan fingerprint density at radius 1 is 1.25 bits per heavy atom. The van der Waals surface area contributed by atoms with E-state index in [4.69, 9.17) is 4.74 Å². The highest BCUT2D eigenvalue weighted by molar-refractivity contribution is 9.10. The molecule has 20 heavy (non-hydrogen) atoms. The van der Waals surface area contributed by atoms with E-state index in [1.807, 2.05) is 18.2 Å². The van der Waals surface area contributed by atoms with Crippen molar-refractivity contribution in [2.45, 2.75) is 12.3 Å². The molecule has 0 spiro atoms. The van der Waals surface area contributed by atoms with Crippen LogP contribution in [0.5, 0.6) is 5.75 Å². The van der Waals surface area contributed by atoms with E-state index in [-0.39, 0.29) is 5.82 Å². The van der Waals surface area contributed by atoms with Crippen LogP contribution >= 0.6 is 15.9 Å². The molecular weight excluding hydrogens is 321 g/mol. The standard InChI is InChI=1S/C16H15BrFNO/c17-12-5-6-14(18)15(9-12)19-10-11-7-8-20-16-4-2-1-3-13(11)16/h1-6,9,11,19H,7-8,10H2. The minimum atomic E-state index is -0.228. The van der Waals surface area contributed by atoms with Crippen molar-refractivity contribution >= 4 is 21.6 Å². The summed E-state index contributed by atoms with van der Waals surface area (Å²) in [5, 5.41) is 3.20. The van der Waals surface area contributed by atoms with Gasteiger partial charge < -0.3 is 10.1 Å². The summed E-state index contributed by atoms with van der Waals surface area (Å²) in [6.45, 7) is 1.41. The Bertz CT molecular complexity index is 617. The third kappa shape index (κ3) is 2.80. The molecule has 0 bridgehead atoms. The fraction of sp³-hybridized carbons (Fsp3) is 0.250. The van der Waals surface area contributed by atoms with Crippen molar-refractivity contribution < 1.29 is 9.13 Å². The first-order valence-corrected chi connectivity index (χ1v) is 7.44. The average molecular weight is 336 g/mol. The Hall–Kier alpha value is -1.55. The van der Waals surface area contributed by atoms with Crippen molar-refractivity contribution in [2.24, 2.45) is 0 Å². The van der Waals surface area contributed by atoms with Crippen LogP contribution in [0.4, 0.5) is 10.1 Å². The summed E-state index contributed by atoms with van der Waals surface area (Å²) in [6, 6.07) is 13.0. The third-order valence-electron chi connectivity index (χ3n) is 3.55. The Kier molecular flexibility index (Phi) is 3.92. The molecule has 2 nitrogen and oxygen atoms in total. The number of hydrogen-bond acceptors (Lipinski definition) is 2. The van der Waals surface area contributed by atoms with Gasteiger partial charge in [0, 0.05) is 16.9 Å². The summed E-state index contributed by atoms with van der Waals surface area (Å²) in [5.41, 5.74) is 1.73. The molecule has 1 N–H and O–H groups in total. The number of fused-ring (bicyclic) bond motifs is 1. The molecule has 1 unspecified atom stereocenters.